The molecule has 6 heteroatoms. The van der Waals surface area contributed by atoms with Gasteiger partial charge in [-0.3, -0.25) is 4.99 Å². The molecule has 0 saturated heterocycles. The van der Waals surface area contributed by atoms with E-state index >= 15 is 0 Å². The number of nitrogens with zero attached hydrogens (tertiary/aromatic N) is 2. The van der Waals surface area contributed by atoms with Crippen molar-refractivity contribution < 1.29 is 4.74 Å². The fourth-order valence-electron chi connectivity index (χ4n) is 2.15. The molecule has 0 aliphatic heterocycles. The second kappa shape index (κ2) is 12.8. The van der Waals surface area contributed by atoms with Gasteiger partial charge in [0.15, 0.2) is 5.96 Å². The monoisotopic (exact) mass is 442 g/mol. The molecule has 2 aromatic rings. The molecular weight excluding hydrogens is 415 g/mol. The van der Waals surface area contributed by atoms with Gasteiger partial charge in [0.25, 0.3) is 0 Å². The van der Waals surface area contributed by atoms with Crippen molar-refractivity contribution in [3.8, 4) is 0 Å². The van der Waals surface area contributed by atoms with E-state index in [1.807, 2.05) is 30.3 Å². The molecule has 0 fully saturated rings. The number of hydrogen-bond donors (Lipinski definition) is 2. The standard InChI is InChI=1S/C18H26N4O.HI/c1-2-19-18(20-10-14-22-12-6-7-13-22)21-11-15-23-16-17-8-4-3-5-9-17;/h3-9,12-13H,2,10-11,14-16H2,1H3,(H2,19,20,21);1H. The van der Waals surface area contributed by atoms with Crippen LogP contribution < -0.4 is 10.6 Å². The maximum absolute atomic E-state index is 5.64. The molecule has 1 aromatic heterocycles. The van der Waals surface area contributed by atoms with Crippen LogP contribution in [-0.2, 0) is 17.9 Å². The largest absolute Gasteiger partial charge is 0.375 e. The molecule has 0 spiro atoms. The number of rotatable bonds is 9. The van der Waals surface area contributed by atoms with E-state index in [1.54, 1.807) is 0 Å². The number of benzene rings is 1. The molecule has 5 nitrogen and oxygen atoms in total. The Bertz CT molecular complexity index is 558. The van der Waals surface area contributed by atoms with Gasteiger partial charge in [-0.15, -0.1) is 24.0 Å². The molecular formula is C18H27IN4O. The van der Waals surface area contributed by atoms with Crippen molar-refractivity contribution in [1.29, 1.82) is 0 Å². The highest BCUT2D eigenvalue weighted by atomic mass is 127. The number of ether oxygens (including phenoxy) is 1. The Kier molecular flexibility index (Phi) is 11.0. The van der Waals surface area contributed by atoms with Gasteiger partial charge in [0.2, 0.25) is 0 Å². The maximum Gasteiger partial charge on any atom is 0.191 e. The minimum atomic E-state index is 0. The van der Waals surface area contributed by atoms with Crippen LogP contribution in [0.4, 0.5) is 0 Å². The Hall–Kier alpha value is -1.54. The predicted molar refractivity (Wildman–Crippen MR) is 110 cm³/mol. The van der Waals surface area contributed by atoms with Gasteiger partial charge >= 0.3 is 0 Å². The van der Waals surface area contributed by atoms with Crippen LogP contribution in [0.5, 0.6) is 0 Å². The van der Waals surface area contributed by atoms with Crippen LogP contribution in [0.25, 0.3) is 0 Å². The summed E-state index contributed by atoms with van der Waals surface area (Å²) in [6, 6.07) is 14.2. The Morgan fingerprint density at radius 2 is 1.83 bits per heavy atom. The van der Waals surface area contributed by atoms with Crippen molar-refractivity contribution in [2.24, 2.45) is 4.99 Å². The third-order valence-electron chi connectivity index (χ3n) is 3.29. The van der Waals surface area contributed by atoms with E-state index in [-0.39, 0.29) is 24.0 Å². The molecule has 0 atom stereocenters. The van der Waals surface area contributed by atoms with E-state index in [0.29, 0.717) is 19.8 Å². The third kappa shape index (κ3) is 8.35. The summed E-state index contributed by atoms with van der Waals surface area (Å²) in [4.78, 5) is 4.52. The van der Waals surface area contributed by atoms with E-state index in [1.165, 1.54) is 5.56 Å². The van der Waals surface area contributed by atoms with Crippen LogP contribution in [0.3, 0.4) is 0 Å². The number of halogens is 1. The van der Waals surface area contributed by atoms with E-state index in [4.69, 9.17) is 4.74 Å². The molecule has 0 bridgehead atoms. The molecule has 0 aliphatic carbocycles. The minimum Gasteiger partial charge on any atom is -0.375 e. The lowest BCUT2D eigenvalue weighted by molar-refractivity contribution is 0.128. The summed E-state index contributed by atoms with van der Waals surface area (Å²) >= 11 is 0. The maximum atomic E-state index is 5.64. The fourth-order valence-corrected chi connectivity index (χ4v) is 2.15. The van der Waals surface area contributed by atoms with Crippen LogP contribution in [0.1, 0.15) is 12.5 Å². The first-order valence-electron chi connectivity index (χ1n) is 8.13. The first kappa shape index (κ1) is 20.5. The fraction of sp³-hybridized carbons (Fsp3) is 0.389. The van der Waals surface area contributed by atoms with E-state index in [0.717, 1.165) is 25.6 Å². The zero-order valence-electron chi connectivity index (χ0n) is 14.1. The zero-order valence-corrected chi connectivity index (χ0v) is 16.5. The zero-order chi connectivity index (χ0) is 16.2. The van der Waals surface area contributed by atoms with Crippen molar-refractivity contribution in [2.75, 3.05) is 26.2 Å². The van der Waals surface area contributed by atoms with E-state index < -0.39 is 0 Å². The quantitative estimate of drug-likeness (QED) is 0.272. The van der Waals surface area contributed by atoms with Gasteiger partial charge in [-0.05, 0) is 24.6 Å². The lowest BCUT2D eigenvalue weighted by Gasteiger charge is -2.11. The summed E-state index contributed by atoms with van der Waals surface area (Å²) in [6.07, 6.45) is 4.12. The number of aliphatic imine (C=N–C) groups is 1. The van der Waals surface area contributed by atoms with Gasteiger partial charge in [0.1, 0.15) is 0 Å². The first-order valence-corrected chi connectivity index (χ1v) is 8.13. The van der Waals surface area contributed by atoms with Gasteiger partial charge in [-0.1, -0.05) is 30.3 Å². The Morgan fingerprint density at radius 3 is 2.54 bits per heavy atom. The molecule has 0 unspecified atom stereocenters. The van der Waals surface area contributed by atoms with E-state index in [2.05, 4.69) is 51.6 Å². The number of nitrogens with one attached hydrogen (secondary N) is 2. The molecule has 0 saturated carbocycles. The minimum absolute atomic E-state index is 0. The Labute approximate surface area is 161 Å². The summed E-state index contributed by atoms with van der Waals surface area (Å²) in [5, 5.41) is 6.58. The smallest absolute Gasteiger partial charge is 0.191 e. The summed E-state index contributed by atoms with van der Waals surface area (Å²) in [5.41, 5.74) is 1.19. The van der Waals surface area contributed by atoms with Crippen molar-refractivity contribution in [3.05, 3.63) is 60.4 Å². The summed E-state index contributed by atoms with van der Waals surface area (Å²) in [5.74, 6) is 0.836. The van der Waals surface area contributed by atoms with Gasteiger partial charge in [-0.25, -0.2) is 0 Å². The highest BCUT2D eigenvalue weighted by Crippen LogP contribution is 1.99. The molecule has 0 aliphatic rings. The van der Waals surface area contributed by atoms with Crippen molar-refractivity contribution in [1.82, 2.24) is 15.2 Å². The predicted octanol–water partition coefficient (Wildman–Crippen LogP) is 2.88. The van der Waals surface area contributed by atoms with Crippen LogP contribution in [0.15, 0.2) is 59.9 Å². The molecule has 1 heterocycles. The van der Waals surface area contributed by atoms with Gasteiger partial charge in [0, 0.05) is 32.0 Å². The lowest BCUT2D eigenvalue weighted by Crippen LogP contribution is -2.39. The summed E-state index contributed by atoms with van der Waals surface area (Å²) < 4.78 is 7.78. The average molecular weight is 442 g/mol. The molecule has 2 N–H and O–H groups in total. The van der Waals surface area contributed by atoms with Crippen molar-refractivity contribution >= 4 is 29.9 Å². The Balaban J connectivity index is 0.00000288. The van der Waals surface area contributed by atoms with Crippen LogP contribution in [0, 0.1) is 0 Å². The van der Waals surface area contributed by atoms with Crippen molar-refractivity contribution in [2.45, 2.75) is 20.1 Å². The summed E-state index contributed by atoms with van der Waals surface area (Å²) in [7, 11) is 0. The number of guanidine groups is 1. The summed E-state index contributed by atoms with van der Waals surface area (Å²) in [6.45, 7) is 6.56. The second-order valence-electron chi connectivity index (χ2n) is 5.15. The highest BCUT2D eigenvalue weighted by molar-refractivity contribution is 14.0. The van der Waals surface area contributed by atoms with Crippen LogP contribution >= 0.6 is 24.0 Å². The molecule has 24 heavy (non-hydrogen) atoms. The molecule has 132 valence electrons. The normalized spacial score (nSPS) is 11.0. The van der Waals surface area contributed by atoms with Gasteiger partial charge in [-0.2, -0.15) is 0 Å². The lowest BCUT2D eigenvalue weighted by atomic mass is 10.2. The van der Waals surface area contributed by atoms with E-state index in [9.17, 15) is 0 Å². The third-order valence-corrected chi connectivity index (χ3v) is 3.29. The molecule has 0 amide bonds. The highest BCUT2D eigenvalue weighted by Gasteiger charge is 1.97. The van der Waals surface area contributed by atoms with Gasteiger partial charge < -0.3 is 19.9 Å². The van der Waals surface area contributed by atoms with Crippen molar-refractivity contribution in [3.63, 3.8) is 0 Å². The average Bonchev–Trinajstić information content (AvgIpc) is 3.09. The van der Waals surface area contributed by atoms with Gasteiger partial charge in [0.05, 0.1) is 19.8 Å². The molecule has 2 rings (SSSR count). The number of aromatic nitrogens is 1. The molecule has 1 aromatic carbocycles. The number of hydrogen-bond acceptors (Lipinski definition) is 2. The SMILES string of the molecule is CCNC(=NCCOCc1ccccc1)NCCn1cccc1.I. The second-order valence-corrected chi connectivity index (χ2v) is 5.15. The van der Waals surface area contributed by atoms with Crippen LogP contribution in [-0.4, -0.2) is 36.8 Å². The van der Waals surface area contributed by atoms with Crippen LogP contribution in [0.2, 0.25) is 0 Å². The topological polar surface area (TPSA) is 50.6 Å². The first-order chi connectivity index (χ1) is 11.4. The molecule has 0 radical (unpaired) electrons. The Morgan fingerprint density at radius 1 is 1.08 bits per heavy atom.